The van der Waals surface area contributed by atoms with Gasteiger partial charge in [0.05, 0.1) is 6.61 Å². The van der Waals surface area contributed by atoms with E-state index in [1.807, 2.05) is 0 Å². The minimum Gasteiger partial charge on any atom is -0.462 e. The fraction of sp³-hybridized carbons (Fsp3) is 0.672. The van der Waals surface area contributed by atoms with Crippen LogP contribution in [0.5, 0.6) is 0 Å². The zero-order valence-electron chi connectivity index (χ0n) is 43.2. The molecule has 0 heterocycles. The van der Waals surface area contributed by atoms with Gasteiger partial charge in [-0.05, 0) is 96.3 Å². The molecule has 1 atom stereocenters. The molecule has 0 saturated carbocycles. The quantitative estimate of drug-likeness (QED) is 0.0346. The van der Waals surface area contributed by atoms with Gasteiger partial charge in [0.1, 0.15) is 6.61 Å². The van der Waals surface area contributed by atoms with Crippen molar-refractivity contribution in [1.82, 2.24) is 0 Å². The van der Waals surface area contributed by atoms with E-state index in [1.165, 1.54) is 89.9 Å². The number of unbranched alkanes of at least 4 members (excludes halogenated alkanes) is 20. The standard InChI is InChI=1S/C61H102O5/c1-4-7-10-13-16-19-22-25-28-31-33-36-39-42-45-48-51-54-60(62)65-58-59(57-64-56-53-50-47-44-41-38-35-30-27-24-21-18-15-12-9-6-3)66-61(63)55-52-49-46-43-40-37-34-32-29-26-23-20-17-14-11-8-5-2/h7,9-10,12,16,18-19,21,25,27-28,30,33,36,38,41-42,45,59H,4-6,8,11,13-15,17,20,22-24,26,29,31-32,34-35,37,39-40,43-44,46-58H2,1-3H3/b10-7-,12-9-,19-16-,21-18-,28-25-,30-27-,36-33-,41-38-,45-42-. The number of carbonyl (C=O) groups excluding carboxylic acids is 2. The molecule has 0 aliphatic carbocycles. The van der Waals surface area contributed by atoms with Crippen molar-refractivity contribution in [2.45, 2.75) is 245 Å². The second-order valence-corrected chi connectivity index (χ2v) is 17.7. The average Bonchev–Trinajstić information content (AvgIpc) is 3.32. The molecule has 0 amide bonds. The molecule has 0 rings (SSSR count). The lowest BCUT2D eigenvalue weighted by atomic mass is 10.0. The molecule has 0 spiro atoms. The summed E-state index contributed by atoms with van der Waals surface area (Å²) in [5.41, 5.74) is 0. The van der Waals surface area contributed by atoms with Gasteiger partial charge < -0.3 is 14.2 Å². The Morgan fingerprint density at radius 3 is 1.12 bits per heavy atom. The third-order valence-electron chi connectivity index (χ3n) is 11.3. The Balaban J connectivity index is 4.42. The predicted octanol–water partition coefficient (Wildman–Crippen LogP) is 18.8. The van der Waals surface area contributed by atoms with Crippen LogP contribution < -0.4 is 0 Å². The molecule has 0 radical (unpaired) electrons. The summed E-state index contributed by atoms with van der Waals surface area (Å²) in [5.74, 6) is -0.482. The Hall–Kier alpha value is -3.44. The van der Waals surface area contributed by atoms with E-state index in [1.54, 1.807) is 0 Å². The maximum Gasteiger partial charge on any atom is 0.306 e. The van der Waals surface area contributed by atoms with E-state index in [0.717, 1.165) is 116 Å². The van der Waals surface area contributed by atoms with E-state index in [-0.39, 0.29) is 25.2 Å². The summed E-state index contributed by atoms with van der Waals surface area (Å²) in [4.78, 5) is 25.5. The second-order valence-electron chi connectivity index (χ2n) is 17.7. The van der Waals surface area contributed by atoms with Crippen LogP contribution in [0.25, 0.3) is 0 Å². The molecule has 0 aromatic heterocycles. The molecular formula is C61H102O5. The lowest BCUT2D eigenvalue weighted by molar-refractivity contribution is -0.163. The number of esters is 2. The third kappa shape index (κ3) is 53.2. The average molecular weight is 915 g/mol. The molecule has 0 aliphatic rings. The summed E-state index contributed by atoms with van der Waals surface area (Å²) in [6.45, 7) is 7.48. The molecule has 1 unspecified atom stereocenters. The minimum absolute atomic E-state index is 0.0388. The lowest BCUT2D eigenvalue weighted by Crippen LogP contribution is -2.30. The summed E-state index contributed by atoms with van der Waals surface area (Å²) in [5, 5.41) is 0. The fourth-order valence-electron chi connectivity index (χ4n) is 7.30. The zero-order valence-corrected chi connectivity index (χ0v) is 43.2. The molecule has 5 heteroatoms. The molecule has 0 aliphatic heterocycles. The molecule has 0 saturated heterocycles. The van der Waals surface area contributed by atoms with Crippen LogP contribution in [-0.4, -0.2) is 37.9 Å². The number of allylic oxidation sites excluding steroid dienone is 18. The molecule has 0 bridgehead atoms. The topological polar surface area (TPSA) is 61.8 Å². The second kappa shape index (κ2) is 55.9. The van der Waals surface area contributed by atoms with Crippen molar-refractivity contribution in [3.63, 3.8) is 0 Å². The third-order valence-corrected chi connectivity index (χ3v) is 11.3. The van der Waals surface area contributed by atoms with Crippen molar-refractivity contribution in [2.75, 3.05) is 19.8 Å². The molecule has 0 aromatic carbocycles. The van der Waals surface area contributed by atoms with E-state index in [2.05, 4.69) is 130 Å². The molecule has 5 nitrogen and oxygen atoms in total. The Morgan fingerprint density at radius 1 is 0.348 bits per heavy atom. The Labute approximate surface area is 408 Å². The van der Waals surface area contributed by atoms with E-state index < -0.39 is 6.10 Å². The summed E-state index contributed by atoms with van der Waals surface area (Å²) in [6.07, 6.45) is 76.8. The first-order valence-corrected chi connectivity index (χ1v) is 27.4. The van der Waals surface area contributed by atoms with Gasteiger partial charge in [0, 0.05) is 19.4 Å². The number of ether oxygens (including phenoxy) is 3. The highest BCUT2D eigenvalue weighted by Gasteiger charge is 2.17. The molecule has 66 heavy (non-hydrogen) atoms. The van der Waals surface area contributed by atoms with Gasteiger partial charge in [0.15, 0.2) is 6.10 Å². The first kappa shape index (κ1) is 62.6. The molecular weight excluding hydrogens is 813 g/mol. The van der Waals surface area contributed by atoms with Gasteiger partial charge in [-0.15, -0.1) is 0 Å². The van der Waals surface area contributed by atoms with E-state index in [9.17, 15) is 9.59 Å². The molecule has 0 N–H and O–H groups in total. The highest BCUT2D eigenvalue weighted by Crippen LogP contribution is 2.15. The lowest BCUT2D eigenvalue weighted by Gasteiger charge is -2.18. The van der Waals surface area contributed by atoms with Gasteiger partial charge in [-0.3, -0.25) is 9.59 Å². The van der Waals surface area contributed by atoms with E-state index in [4.69, 9.17) is 14.2 Å². The maximum absolute atomic E-state index is 12.8. The van der Waals surface area contributed by atoms with Gasteiger partial charge in [-0.25, -0.2) is 0 Å². The number of rotatable bonds is 49. The summed E-state index contributed by atoms with van der Waals surface area (Å²) < 4.78 is 17.4. The van der Waals surface area contributed by atoms with Crippen molar-refractivity contribution in [2.24, 2.45) is 0 Å². The van der Waals surface area contributed by atoms with Gasteiger partial charge in [-0.2, -0.15) is 0 Å². The van der Waals surface area contributed by atoms with Gasteiger partial charge in [-0.1, -0.05) is 239 Å². The zero-order chi connectivity index (χ0) is 47.7. The fourth-order valence-corrected chi connectivity index (χ4v) is 7.30. The van der Waals surface area contributed by atoms with E-state index in [0.29, 0.717) is 19.4 Å². The van der Waals surface area contributed by atoms with Gasteiger partial charge in [0.25, 0.3) is 0 Å². The smallest absolute Gasteiger partial charge is 0.306 e. The normalized spacial score (nSPS) is 13.1. The van der Waals surface area contributed by atoms with Crippen molar-refractivity contribution < 1.29 is 23.8 Å². The van der Waals surface area contributed by atoms with Crippen LogP contribution in [0.2, 0.25) is 0 Å². The van der Waals surface area contributed by atoms with Crippen molar-refractivity contribution in [3.05, 3.63) is 109 Å². The van der Waals surface area contributed by atoms with Crippen molar-refractivity contribution in [1.29, 1.82) is 0 Å². The van der Waals surface area contributed by atoms with Crippen LogP contribution in [-0.2, 0) is 23.8 Å². The van der Waals surface area contributed by atoms with Crippen molar-refractivity contribution in [3.8, 4) is 0 Å². The van der Waals surface area contributed by atoms with E-state index >= 15 is 0 Å². The molecule has 0 fully saturated rings. The van der Waals surface area contributed by atoms with Crippen LogP contribution in [0.3, 0.4) is 0 Å². The maximum atomic E-state index is 12.8. The molecule has 376 valence electrons. The summed E-state index contributed by atoms with van der Waals surface area (Å²) in [7, 11) is 0. The highest BCUT2D eigenvalue weighted by atomic mass is 16.6. The number of hydrogen-bond donors (Lipinski definition) is 0. The Morgan fingerprint density at radius 2 is 0.697 bits per heavy atom. The Kier molecular flexibility index (Phi) is 53.0. The number of carbonyl (C=O) groups is 2. The summed E-state index contributed by atoms with van der Waals surface area (Å²) >= 11 is 0. The van der Waals surface area contributed by atoms with Crippen LogP contribution >= 0.6 is 0 Å². The van der Waals surface area contributed by atoms with Gasteiger partial charge >= 0.3 is 11.9 Å². The highest BCUT2D eigenvalue weighted by molar-refractivity contribution is 5.70. The Bertz CT molecular complexity index is 1310. The predicted molar refractivity (Wildman–Crippen MR) is 288 cm³/mol. The van der Waals surface area contributed by atoms with Crippen LogP contribution in [0.1, 0.15) is 239 Å². The first-order chi connectivity index (χ1) is 32.6. The summed E-state index contributed by atoms with van der Waals surface area (Å²) in [6, 6.07) is 0. The molecule has 0 aromatic rings. The first-order valence-electron chi connectivity index (χ1n) is 27.4. The van der Waals surface area contributed by atoms with Gasteiger partial charge in [0.2, 0.25) is 0 Å². The van der Waals surface area contributed by atoms with Crippen LogP contribution in [0.4, 0.5) is 0 Å². The monoisotopic (exact) mass is 915 g/mol. The largest absolute Gasteiger partial charge is 0.462 e. The SMILES string of the molecule is CC/C=C\C/C=C\C/C=C\C/C=C\C/C=C\CCCC(=O)OCC(COCCCCC/C=C\C/C=C\C/C=C\C/C=C\CC)OC(=O)CCCCCCCCCCCCCCCCCCC. The van der Waals surface area contributed by atoms with Crippen LogP contribution in [0.15, 0.2) is 109 Å². The minimum atomic E-state index is -0.581. The van der Waals surface area contributed by atoms with Crippen LogP contribution in [0, 0.1) is 0 Å². The number of hydrogen-bond acceptors (Lipinski definition) is 5. The van der Waals surface area contributed by atoms with Crippen molar-refractivity contribution >= 4 is 11.9 Å².